The Bertz CT molecular complexity index is 286. The molecule has 6 nitrogen and oxygen atoms in total. The van der Waals surface area contributed by atoms with Gasteiger partial charge in [-0.1, -0.05) is 0 Å². The minimum atomic E-state index is -3.41. The van der Waals surface area contributed by atoms with Crippen LogP contribution >= 0.6 is 0 Å². The van der Waals surface area contributed by atoms with Gasteiger partial charge in [0.2, 0.25) is 10.0 Å². The number of hydrogen-bond acceptors (Lipinski definition) is 5. The second-order valence-electron chi connectivity index (χ2n) is 3.87. The number of methoxy groups -OCH3 is 1. The van der Waals surface area contributed by atoms with Crippen LogP contribution in [0.1, 0.15) is 12.8 Å². The smallest absolute Gasteiger partial charge is 0.214 e. The molecule has 0 aromatic heterocycles. The summed E-state index contributed by atoms with van der Waals surface area (Å²) in [7, 11) is -1.96. The fraction of sp³-hybridized carbons (Fsp3) is 1.00. The minimum absolute atomic E-state index is 0.0484. The molecule has 1 aliphatic heterocycles. The van der Waals surface area contributed by atoms with Crippen LogP contribution in [-0.2, 0) is 19.5 Å². The van der Waals surface area contributed by atoms with E-state index in [0.29, 0.717) is 6.61 Å². The minimum Gasteiger partial charge on any atom is -0.395 e. The summed E-state index contributed by atoms with van der Waals surface area (Å²) in [5.41, 5.74) is 0. The lowest BCUT2D eigenvalue weighted by Crippen LogP contribution is -2.43. The number of nitrogens with one attached hydrogen (secondary N) is 1. The van der Waals surface area contributed by atoms with Crippen molar-refractivity contribution in [3.8, 4) is 0 Å². The maximum Gasteiger partial charge on any atom is 0.214 e. The standard InChI is InChI=1S/C9H19NO5S/c1-14-6-8(5-11)10-16(12,13)7-9-3-2-4-15-9/h8-11H,2-7H2,1H3. The van der Waals surface area contributed by atoms with Crippen molar-refractivity contribution >= 4 is 10.0 Å². The molecule has 1 rings (SSSR count). The molecule has 2 unspecified atom stereocenters. The molecule has 0 spiro atoms. The third-order valence-electron chi connectivity index (χ3n) is 2.36. The van der Waals surface area contributed by atoms with Gasteiger partial charge in [0.15, 0.2) is 0 Å². The third-order valence-corrected chi connectivity index (χ3v) is 3.87. The first-order valence-corrected chi connectivity index (χ1v) is 6.94. The Morgan fingerprint density at radius 3 is 2.88 bits per heavy atom. The van der Waals surface area contributed by atoms with E-state index < -0.39 is 16.1 Å². The van der Waals surface area contributed by atoms with Crippen molar-refractivity contribution in [3.05, 3.63) is 0 Å². The number of aliphatic hydroxyl groups excluding tert-OH is 1. The molecule has 1 saturated heterocycles. The van der Waals surface area contributed by atoms with Gasteiger partial charge in [0.1, 0.15) is 0 Å². The number of rotatable bonds is 7. The topological polar surface area (TPSA) is 84.9 Å². The SMILES string of the molecule is COCC(CO)NS(=O)(=O)CC1CCCO1. The van der Waals surface area contributed by atoms with Crippen molar-refractivity contribution in [1.82, 2.24) is 4.72 Å². The van der Waals surface area contributed by atoms with E-state index in [4.69, 9.17) is 14.6 Å². The van der Waals surface area contributed by atoms with Crippen LogP contribution in [0.25, 0.3) is 0 Å². The molecule has 16 heavy (non-hydrogen) atoms. The first-order valence-electron chi connectivity index (χ1n) is 5.29. The number of hydrogen-bond donors (Lipinski definition) is 2. The highest BCUT2D eigenvalue weighted by atomic mass is 32.2. The van der Waals surface area contributed by atoms with E-state index in [-0.39, 0.29) is 25.1 Å². The van der Waals surface area contributed by atoms with E-state index in [2.05, 4.69) is 4.72 Å². The van der Waals surface area contributed by atoms with Gasteiger partial charge in [0.25, 0.3) is 0 Å². The lowest BCUT2D eigenvalue weighted by Gasteiger charge is -2.17. The molecule has 7 heteroatoms. The molecule has 2 atom stereocenters. The molecule has 0 amide bonds. The Morgan fingerprint density at radius 1 is 1.62 bits per heavy atom. The highest BCUT2D eigenvalue weighted by Gasteiger charge is 2.25. The summed E-state index contributed by atoms with van der Waals surface area (Å²) < 4.78 is 35.8. The fourth-order valence-corrected chi connectivity index (χ4v) is 3.15. The van der Waals surface area contributed by atoms with Crippen LogP contribution in [-0.4, -0.2) is 58.4 Å². The quantitative estimate of drug-likeness (QED) is 0.614. The van der Waals surface area contributed by atoms with E-state index in [9.17, 15) is 8.42 Å². The normalized spacial score (nSPS) is 23.5. The second-order valence-corrected chi connectivity index (χ2v) is 5.67. The first-order chi connectivity index (χ1) is 7.57. The molecule has 0 aromatic rings. The maximum atomic E-state index is 11.7. The van der Waals surface area contributed by atoms with Crippen LogP contribution in [0.2, 0.25) is 0 Å². The predicted octanol–water partition coefficient (Wildman–Crippen LogP) is -0.908. The van der Waals surface area contributed by atoms with Crippen LogP contribution in [0.15, 0.2) is 0 Å². The van der Waals surface area contributed by atoms with E-state index in [1.807, 2.05) is 0 Å². The van der Waals surface area contributed by atoms with Gasteiger partial charge < -0.3 is 14.6 Å². The van der Waals surface area contributed by atoms with Crippen LogP contribution in [0.3, 0.4) is 0 Å². The van der Waals surface area contributed by atoms with Crippen molar-refractivity contribution in [1.29, 1.82) is 0 Å². The molecule has 0 bridgehead atoms. The zero-order chi connectivity index (χ0) is 12.0. The summed E-state index contributed by atoms with van der Waals surface area (Å²) in [5.74, 6) is -0.0484. The number of aliphatic hydroxyl groups is 1. The molecule has 2 N–H and O–H groups in total. The van der Waals surface area contributed by atoms with Gasteiger partial charge in [0, 0.05) is 13.7 Å². The summed E-state index contributed by atoms with van der Waals surface area (Å²) in [6.45, 7) is 0.502. The summed E-state index contributed by atoms with van der Waals surface area (Å²) in [6, 6.07) is -0.587. The van der Waals surface area contributed by atoms with Crippen molar-refractivity contribution in [2.75, 3.05) is 32.7 Å². The van der Waals surface area contributed by atoms with Gasteiger partial charge in [0.05, 0.1) is 31.1 Å². The Balaban J connectivity index is 2.42. The molecule has 96 valence electrons. The van der Waals surface area contributed by atoms with Crippen molar-refractivity contribution < 1.29 is 23.0 Å². The second kappa shape index (κ2) is 6.51. The molecule has 1 heterocycles. The molecule has 0 aliphatic carbocycles. The van der Waals surface area contributed by atoms with E-state index >= 15 is 0 Å². The van der Waals surface area contributed by atoms with Gasteiger partial charge in [-0.05, 0) is 12.8 Å². The van der Waals surface area contributed by atoms with Crippen molar-refractivity contribution in [2.45, 2.75) is 25.0 Å². The third kappa shape index (κ3) is 4.75. The van der Waals surface area contributed by atoms with Crippen LogP contribution in [0.4, 0.5) is 0 Å². The molecular formula is C9H19NO5S. The Hall–Kier alpha value is -0.210. The highest BCUT2D eigenvalue weighted by molar-refractivity contribution is 7.89. The van der Waals surface area contributed by atoms with Gasteiger partial charge in [-0.3, -0.25) is 0 Å². The summed E-state index contributed by atoms with van der Waals surface area (Å²) in [5, 5.41) is 8.94. The maximum absolute atomic E-state index is 11.7. The summed E-state index contributed by atoms with van der Waals surface area (Å²) in [6.07, 6.45) is 1.45. The monoisotopic (exact) mass is 253 g/mol. The lowest BCUT2D eigenvalue weighted by molar-refractivity contribution is 0.125. The summed E-state index contributed by atoms with van der Waals surface area (Å²) in [4.78, 5) is 0. The van der Waals surface area contributed by atoms with Crippen LogP contribution < -0.4 is 4.72 Å². The lowest BCUT2D eigenvalue weighted by atomic mass is 10.3. The van der Waals surface area contributed by atoms with Crippen LogP contribution in [0, 0.1) is 0 Å². The fourth-order valence-electron chi connectivity index (χ4n) is 1.65. The highest BCUT2D eigenvalue weighted by Crippen LogP contribution is 2.13. The molecule has 1 aliphatic rings. The van der Waals surface area contributed by atoms with E-state index in [1.165, 1.54) is 7.11 Å². The molecule has 0 aromatic carbocycles. The van der Waals surface area contributed by atoms with E-state index in [1.54, 1.807) is 0 Å². The molecule has 1 fully saturated rings. The molecule has 0 radical (unpaired) electrons. The van der Waals surface area contributed by atoms with Crippen molar-refractivity contribution in [2.24, 2.45) is 0 Å². The van der Waals surface area contributed by atoms with Crippen molar-refractivity contribution in [3.63, 3.8) is 0 Å². The van der Waals surface area contributed by atoms with Gasteiger partial charge in [-0.2, -0.15) is 0 Å². The van der Waals surface area contributed by atoms with Crippen LogP contribution in [0.5, 0.6) is 0 Å². The first kappa shape index (κ1) is 13.9. The zero-order valence-electron chi connectivity index (χ0n) is 9.39. The molecular weight excluding hydrogens is 234 g/mol. The Labute approximate surface area is 96.0 Å². The van der Waals surface area contributed by atoms with Gasteiger partial charge >= 0.3 is 0 Å². The average Bonchev–Trinajstić information content (AvgIpc) is 2.68. The van der Waals surface area contributed by atoms with E-state index in [0.717, 1.165) is 12.8 Å². The Kier molecular flexibility index (Phi) is 5.63. The number of ether oxygens (including phenoxy) is 2. The zero-order valence-corrected chi connectivity index (χ0v) is 10.2. The van der Waals surface area contributed by atoms with Gasteiger partial charge in [-0.25, -0.2) is 13.1 Å². The average molecular weight is 253 g/mol. The predicted molar refractivity (Wildman–Crippen MR) is 58.6 cm³/mol. The van der Waals surface area contributed by atoms with Gasteiger partial charge in [-0.15, -0.1) is 0 Å². The Morgan fingerprint density at radius 2 is 2.38 bits per heavy atom. The largest absolute Gasteiger partial charge is 0.395 e. The summed E-state index contributed by atoms with van der Waals surface area (Å²) >= 11 is 0. The molecule has 0 saturated carbocycles. The number of sulfonamides is 1.